The van der Waals surface area contributed by atoms with Crippen LogP contribution in [0.3, 0.4) is 0 Å². The molecule has 0 saturated carbocycles. The molecule has 0 aliphatic carbocycles. The lowest BCUT2D eigenvalue weighted by Crippen LogP contribution is -2.45. The van der Waals surface area contributed by atoms with Crippen LogP contribution >= 0.6 is 0 Å². The Kier molecular flexibility index (Phi) is 4.06. The van der Waals surface area contributed by atoms with E-state index in [1.165, 1.54) is 10.8 Å². The van der Waals surface area contributed by atoms with Crippen molar-refractivity contribution in [3.8, 4) is 5.75 Å². The largest absolute Gasteiger partial charge is 0.482 e. The Morgan fingerprint density at radius 1 is 1.36 bits per heavy atom. The second kappa shape index (κ2) is 6.52. The van der Waals surface area contributed by atoms with E-state index in [0.717, 1.165) is 6.54 Å². The maximum Gasteiger partial charge on any atom is 0.255 e. The van der Waals surface area contributed by atoms with E-state index in [9.17, 15) is 4.79 Å². The van der Waals surface area contributed by atoms with Gasteiger partial charge < -0.3 is 14.8 Å². The van der Waals surface area contributed by atoms with E-state index in [1.807, 2.05) is 13.1 Å². The fourth-order valence-corrected chi connectivity index (χ4v) is 2.79. The van der Waals surface area contributed by atoms with Gasteiger partial charge in [-0.2, -0.15) is 19.9 Å². The van der Waals surface area contributed by atoms with Crippen LogP contribution < -0.4 is 10.1 Å². The van der Waals surface area contributed by atoms with Crippen molar-refractivity contribution in [3.63, 3.8) is 0 Å². The number of nitrogens with one attached hydrogen (secondary N) is 1. The maximum atomic E-state index is 12.6. The van der Waals surface area contributed by atoms with Gasteiger partial charge in [0, 0.05) is 12.7 Å². The minimum atomic E-state index is -0.265. The van der Waals surface area contributed by atoms with Crippen LogP contribution in [0.5, 0.6) is 5.75 Å². The number of hydrogen-bond donors (Lipinski definition) is 1. The van der Waals surface area contributed by atoms with E-state index in [4.69, 9.17) is 9.47 Å². The van der Waals surface area contributed by atoms with E-state index in [2.05, 4.69) is 20.6 Å². The number of carbonyl (C=O) groups is 1. The van der Waals surface area contributed by atoms with Gasteiger partial charge >= 0.3 is 0 Å². The monoisotopic (exact) mass is 342 g/mol. The first-order valence-electron chi connectivity index (χ1n) is 8.11. The summed E-state index contributed by atoms with van der Waals surface area (Å²) in [4.78, 5) is 12.6. The van der Waals surface area contributed by atoms with Crippen molar-refractivity contribution < 1.29 is 14.3 Å². The summed E-state index contributed by atoms with van der Waals surface area (Å²) in [5.74, 6) is 0.438. The predicted octanol–water partition coefficient (Wildman–Crippen LogP) is 0.522. The van der Waals surface area contributed by atoms with Gasteiger partial charge in [-0.1, -0.05) is 0 Å². The van der Waals surface area contributed by atoms with Crippen LogP contribution in [0, 0.1) is 0 Å². The van der Waals surface area contributed by atoms with E-state index >= 15 is 0 Å². The van der Waals surface area contributed by atoms with E-state index in [0.29, 0.717) is 30.0 Å². The van der Waals surface area contributed by atoms with Gasteiger partial charge in [0.05, 0.1) is 43.4 Å². The second-order valence-electron chi connectivity index (χ2n) is 5.76. The molecule has 0 unspecified atom stereocenters. The average molecular weight is 342 g/mol. The van der Waals surface area contributed by atoms with Crippen molar-refractivity contribution in [1.29, 1.82) is 0 Å². The number of fused-ring (bicyclic) bond motifs is 1. The normalized spacial score (nSPS) is 20.0. The summed E-state index contributed by atoms with van der Waals surface area (Å²) >= 11 is 0. The van der Waals surface area contributed by atoms with Crippen molar-refractivity contribution in [1.82, 2.24) is 29.9 Å². The molecule has 4 rings (SSSR count). The first-order valence-corrected chi connectivity index (χ1v) is 8.11. The Bertz CT molecular complexity index is 889. The molecule has 25 heavy (non-hydrogen) atoms. The van der Waals surface area contributed by atoms with Gasteiger partial charge in [-0.3, -0.25) is 9.48 Å². The summed E-state index contributed by atoms with van der Waals surface area (Å²) in [5.41, 5.74) is 1.12. The smallest absolute Gasteiger partial charge is 0.255 e. The van der Waals surface area contributed by atoms with Crippen molar-refractivity contribution in [2.75, 3.05) is 13.2 Å². The van der Waals surface area contributed by atoms with Crippen LogP contribution in [-0.2, 0) is 11.3 Å². The molecule has 1 saturated heterocycles. The Hall–Kier alpha value is -2.94. The molecule has 0 radical (unpaired) electrons. The van der Waals surface area contributed by atoms with Gasteiger partial charge in [0.1, 0.15) is 11.6 Å². The molecular weight excluding hydrogens is 324 g/mol. The molecule has 3 aromatic heterocycles. The number of nitrogens with zero attached hydrogens (tertiary/aromatic N) is 5. The number of aryl methyl sites for hydroxylation is 1. The zero-order chi connectivity index (χ0) is 17.2. The topological polar surface area (TPSA) is 95.6 Å². The summed E-state index contributed by atoms with van der Waals surface area (Å²) in [6.45, 7) is 3.59. The van der Waals surface area contributed by atoms with Crippen molar-refractivity contribution >= 4 is 11.4 Å². The van der Waals surface area contributed by atoms with Crippen molar-refractivity contribution in [2.45, 2.75) is 25.6 Å². The number of ether oxygens (including phenoxy) is 2. The molecule has 3 aromatic rings. The average Bonchev–Trinajstić information content (AvgIpc) is 3.35. The minimum Gasteiger partial charge on any atom is -0.482 e. The Balaban J connectivity index is 1.46. The fraction of sp³-hybridized carbons (Fsp3) is 0.375. The molecule has 9 heteroatoms. The van der Waals surface area contributed by atoms with Gasteiger partial charge in [-0.05, 0) is 19.1 Å². The highest BCUT2D eigenvalue weighted by Crippen LogP contribution is 2.17. The molecule has 9 nitrogen and oxygen atoms in total. The van der Waals surface area contributed by atoms with Crippen molar-refractivity contribution in [2.24, 2.45) is 0 Å². The van der Waals surface area contributed by atoms with Gasteiger partial charge in [-0.25, -0.2) is 0 Å². The molecule has 1 amide bonds. The highest BCUT2D eigenvalue weighted by atomic mass is 16.5. The molecule has 0 bridgehead atoms. The van der Waals surface area contributed by atoms with Crippen molar-refractivity contribution in [3.05, 3.63) is 42.5 Å². The first kappa shape index (κ1) is 15.6. The third kappa shape index (κ3) is 3.05. The van der Waals surface area contributed by atoms with E-state index in [1.54, 1.807) is 29.2 Å². The Morgan fingerprint density at radius 3 is 3.12 bits per heavy atom. The summed E-state index contributed by atoms with van der Waals surface area (Å²) in [6.07, 6.45) is 6.35. The van der Waals surface area contributed by atoms with Gasteiger partial charge in [0.25, 0.3) is 5.91 Å². The van der Waals surface area contributed by atoms with Crippen LogP contribution in [0.15, 0.2) is 36.9 Å². The second-order valence-corrected chi connectivity index (χ2v) is 5.76. The zero-order valence-corrected chi connectivity index (χ0v) is 13.7. The van der Waals surface area contributed by atoms with Crippen LogP contribution in [0.25, 0.3) is 5.52 Å². The summed E-state index contributed by atoms with van der Waals surface area (Å²) in [6, 6.07) is 3.32. The fourth-order valence-electron chi connectivity index (χ4n) is 2.79. The molecule has 1 N–H and O–H groups in total. The van der Waals surface area contributed by atoms with E-state index in [-0.39, 0.29) is 18.1 Å². The van der Waals surface area contributed by atoms with Crippen LogP contribution in [0.2, 0.25) is 0 Å². The van der Waals surface area contributed by atoms with Gasteiger partial charge in [0.2, 0.25) is 0 Å². The maximum absolute atomic E-state index is 12.6. The Morgan fingerprint density at radius 2 is 2.28 bits per heavy atom. The Labute approximate surface area is 143 Å². The highest BCUT2D eigenvalue weighted by molar-refractivity contribution is 6.00. The minimum absolute atomic E-state index is 0.226. The summed E-state index contributed by atoms with van der Waals surface area (Å²) in [7, 11) is 0. The number of carbonyl (C=O) groups excluding carboxylic acids is 1. The third-order valence-corrected chi connectivity index (χ3v) is 4.11. The molecule has 130 valence electrons. The molecular formula is C16H18N6O3. The third-order valence-electron chi connectivity index (χ3n) is 4.11. The zero-order valence-electron chi connectivity index (χ0n) is 13.7. The van der Waals surface area contributed by atoms with Crippen LogP contribution in [0.1, 0.15) is 17.3 Å². The van der Waals surface area contributed by atoms with E-state index < -0.39 is 0 Å². The predicted molar refractivity (Wildman–Crippen MR) is 87.4 cm³/mol. The SMILES string of the molecule is CCn1cc(O[C@@H]2COC[C@@H]2NC(=O)c2cnn3ncccc23)cn1. The van der Waals surface area contributed by atoms with Gasteiger partial charge in [0.15, 0.2) is 5.75 Å². The summed E-state index contributed by atoms with van der Waals surface area (Å²) in [5, 5.41) is 15.3. The highest BCUT2D eigenvalue weighted by Gasteiger charge is 2.32. The molecule has 4 heterocycles. The lowest BCUT2D eigenvalue weighted by molar-refractivity contribution is 0.0905. The number of amides is 1. The molecule has 1 aliphatic heterocycles. The standard InChI is InChI=1S/C16H18N6O3/c1-2-21-8-11(6-18-21)25-15-10-24-9-13(15)20-16(23)12-7-19-22-14(12)4-3-5-17-22/h3-8,13,15H,2,9-10H2,1H3,(H,20,23)/t13-,15+/m0/s1. The number of hydrogen-bond acceptors (Lipinski definition) is 6. The molecule has 0 spiro atoms. The first-order chi connectivity index (χ1) is 12.2. The number of aromatic nitrogens is 5. The summed E-state index contributed by atoms with van der Waals surface area (Å²) < 4.78 is 14.6. The quantitative estimate of drug-likeness (QED) is 0.726. The molecule has 1 fully saturated rings. The molecule has 1 aliphatic rings. The van der Waals surface area contributed by atoms with Gasteiger partial charge in [-0.15, -0.1) is 0 Å². The lowest BCUT2D eigenvalue weighted by Gasteiger charge is -2.19. The molecule has 2 atom stereocenters. The van der Waals surface area contributed by atoms with Crippen LogP contribution in [0.4, 0.5) is 0 Å². The lowest BCUT2D eigenvalue weighted by atomic mass is 10.2. The molecule has 0 aromatic carbocycles. The number of rotatable bonds is 5. The van der Waals surface area contributed by atoms with Crippen LogP contribution in [-0.4, -0.2) is 55.9 Å².